The van der Waals surface area contributed by atoms with Crippen LogP contribution in [-0.4, -0.2) is 12.4 Å². The van der Waals surface area contributed by atoms with Crippen LogP contribution in [0.5, 0.6) is 0 Å². The summed E-state index contributed by atoms with van der Waals surface area (Å²) in [5.74, 6) is 0. The van der Waals surface area contributed by atoms with E-state index in [-0.39, 0.29) is 15.6 Å². The molecule has 0 radical (unpaired) electrons. The van der Waals surface area contributed by atoms with Crippen molar-refractivity contribution in [1.29, 1.82) is 0 Å². The lowest BCUT2D eigenvalue weighted by atomic mass is 9.91. The van der Waals surface area contributed by atoms with Crippen LogP contribution in [0.1, 0.15) is 11.1 Å². The first-order valence-corrected chi connectivity index (χ1v) is 7.52. The maximum Gasteiger partial charge on any atom is 0.430 e. The van der Waals surface area contributed by atoms with Gasteiger partial charge in [-0.2, -0.15) is 26.3 Å². The smallest absolute Gasteiger partial charge is 0.349 e. The molecule has 0 unspecified atom stereocenters. The van der Waals surface area contributed by atoms with Crippen LogP contribution in [0.4, 0.5) is 26.3 Å². The fourth-order valence-corrected chi connectivity index (χ4v) is 2.77. The van der Waals surface area contributed by atoms with Crippen LogP contribution in [0, 0.1) is 0 Å². The number of rotatable bonds is 4. The average Bonchev–Trinajstić information content (AvgIpc) is 2.48. The van der Waals surface area contributed by atoms with Gasteiger partial charge in [-0.3, -0.25) is 0 Å². The first-order valence-electron chi connectivity index (χ1n) is 6.76. The van der Waals surface area contributed by atoms with E-state index in [1.807, 2.05) is 0 Å². The number of hydrogen-bond donors (Lipinski definition) is 0. The zero-order valence-corrected chi connectivity index (χ0v) is 13.8. The highest BCUT2D eigenvalue weighted by molar-refractivity contribution is 6.35. The third-order valence-corrected chi connectivity index (χ3v) is 4.18. The van der Waals surface area contributed by atoms with Crippen LogP contribution >= 0.6 is 23.2 Å². The fraction of sp³-hybridized carbons (Fsp3) is 0.250. The number of alkyl halides is 6. The minimum atomic E-state index is -5.76. The van der Waals surface area contributed by atoms with Crippen LogP contribution < -0.4 is 0 Å². The largest absolute Gasteiger partial charge is 0.430 e. The zero-order valence-electron chi connectivity index (χ0n) is 12.3. The van der Waals surface area contributed by atoms with E-state index in [9.17, 15) is 26.3 Å². The molecule has 0 N–H and O–H groups in total. The Morgan fingerprint density at radius 3 is 1.64 bits per heavy atom. The number of halogens is 8. The van der Waals surface area contributed by atoms with Gasteiger partial charge in [-0.1, -0.05) is 59.6 Å². The Balaban J connectivity index is 2.56. The summed E-state index contributed by atoms with van der Waals surface area (Å²) in [5, 5.41) is -0.197. The van der Waals surface area contributed by atoms with Gasteiger partial charge in [0.05, 0.1) is 6.61 Å². The second-order valence-corrected chi connectivity index (χ2v) is 5.85. The minimum absolute atomic E-state index is 0.0983. The monoisotopic (exact) mass is 402 g/mol. The molecule has 0 amide bonds. The topological polar surface area (TPSA) is 9.23 Å². The van der Waals surface area contributed by atoms with E-state index in [4.69, 9.17) is 23.2 Å². The Kier molecular flexibility index (Phi) is 5.61. The lowest BCUT2D eigenvalue weighted by Gasteiger charge is -2.37. The molecule has 1 nitrogen and oxygen atoms in total. The van der Waals surface area contributed by atoms with E-state index in [2.05, 4.69) is 4.74 Å². The molecule has 2 aromatic rings. The zero-order chi connectivity index (χ0) is 18.9. The number of hydrogen-bond acceptors (Lipinski definition) is 1. The molecule has 0 spiro atoms. The van der Waals surface area contributed by atoms with Gasteiger partial charge in [-0.15, -0.1) is 0 Å². The summed E-state index contributed by atoms with van der Waals surface area (Å²) >= 11 is 11.6. The van der Waals surface area contributed by atoms with Gasteiger partial charge in [0, 0.05) is 21.2 Å². The van der Waals surface area contributed by atoms with Crippen LogP contribution in [0.25, 0.3) is 0 Å². The summed E-state index contributed by atoms with van der Waals surface area (Å²) in [6.07, 6.45) is -11.5. The van der Waals surface area contributed by atoms with Crippen LogP contribution in [-0.2, 0) is 16.9 Å². The quantitative estimate of drug-likeness (QED) is 0.528. The van der Waals surface area contributed by atoms with Crippen molar-refractivity contribution in [3.8, 4) is 0 Å². The number of ether oxygens (including phenoxy) is 1. The summed E-state index contributed by atoms with van der Waals surface area (Å²) in [6.45, 7) is -1.08. The molecule has 0 aromatic heterocycles. The van der Waals surface area contributed by atoms with Gasteiger partial charge in [-0.05, 0) is 12.1 Å². The Hall–Kier alpha value is -1.44. The summed E-state index contributed by atoms with van der Waals surface area (Å²) in [4.78, 5) is 0. The van der Waals surface area contributed by atoms with Crippen molar-refractivity contribution >= 4 is 23.2 Å². The molecule has 0 aliphatic carbocycles. The van der Waals surface area contributed by atoms with Gasteiger partial charge in [0.15, 0.2) is 0 Å². The summed E-state index contributed by atoms with van der Waals surface area (Å²) in [7, 11) is 0. The number of benzene rings is 2. The van der Waals surface area contributed by atoms with Crippen molar-refractivity contribution in [2.45, 2.75) is 24.6 Å². The third-order valence-electron chi connectivity index (χ3n) is 3.47. The molecule has 136 valence electrons. The van der Waals surface area contributed by atoms with Gasteiger partial charge < -0.3 is 4.74 Å². The first kappa shape index (κ1) is 19.9. The minimum Gasteiger partial charge on any atom is -0.349 e. The first-order chi connectivity index (χ1) is 11.5. The van der Waals surface area contributed by atoms with Crippen molar-refractivity contribution < 1.29 is 31.1 Å². The van der Waals surface area contributed by atoms with Gasteiger partial charge in [0.25, 0.3) is 5.60 Å². The Morgan fingerprint density at radius 2 is 1.20 bits per heavy atom. The Labute approximate surface area is 149 Å². The second-order valence-electron chi connectivity index (χ2n) is 5.03. The molecule has 0 bridgehead atoms. The van der Waals surface area contributed by atoms with E-state index in [1.54, 1.807) is 0 Å². The standard InChI is InChI=1S/C16H10Cl2F6O/c17-12-7-4-8-13(18)11(12)9-25-14(15(19,20)21,16(22,23)24)10-5-2-1-3-6-10/h1-8H,9H2. The lowest BCUT2D eigenvalue weighted by molar-refractivity contribution is -0.392. The lowest BCUT2D eigenvalue weighted by Crippen LogP contribution is -2.55. The normalized spacial score (nSPS) is 13.1. The SMILES string of the molecule is FC(F)(F)C(OCc1c(Cl)cccc1Cl)(c1ccccc1)C(F)(F)F. The molecule has 0 saturated heterocycles. The van der Waals surface area contributed by atoms with Gasteiger partial charge in [0.2, 0.25) is 0 Å². The highest BCUT2D eigenvalue weighted by Crippen LogP contribution is 2.53. The summed E-state index contributed by atoms with van der Waals surface area (Å²) in [6, 6.07) is 8.82. The van der Waals surface area contributed by atoms with Gasteiger partial charge in [-0.25, -0.2) is 0 Å². The summed E-state index contributed by atoms with van der Waals surface area (Å²) in [5.41, 5.74) is -5.76. The molecule has 25 heavy (non-hydrogen) atoms. The molecule has 2 aromatic carbocycles. The van der Waals surface area contributed by atoms with Crippen molar-refractivity contribution in [2.24, 2.45) is 0 Å². The molecule has 0 fully saturated rings. The van der Waals surface area contributed by atoms with Crippen LogP contribution in [0.2, 0.25) is 10.0 Å². The maximum atomic E-state index is 13.5. The molecule has 0 saturated carbocycles. The predicted octanol–water partition coefficient (Wildman–Crippen LogP) is 6.53. The van der Waals surface area contributed by atoms with Crippen molar-refractivity contribution in [3.05, 3.63) is 69.7 Å². The highest BCUT2D eigenvalue weighted by atomic mass is 35.5. The van der Waals surface area contributed by atoms with E-state index in [0.29, 0.717) is 12.1 Å². The summed E-state index contributed by atoms with van der Waals surface area (Å²) < 4.78 is 85.8. The molecule has 9 heteroatoms. The maximum absolute atomic E-state index is 13.5. The highest BCUT2D eigenvalue weighted by Gasteiger charge is 2.73. The Bertz CT molecular complexity index is 693. The molecule has 0 atom stereocenters. The van der Waals surface area contributed by atoms with E-state index < -0.39 is 30.1 Å². The molecule has 0 heterocycles. The Morgan fingerprint density at radius 1 is 0.720 bits per heavy atom. The van der Waals surface area contributed by atoms with Gasteiger partial charge in [0.1, 0.15) is 0 Å². The molecule has 0 aliphatic rings. The predicted molar refractivity (Wildman–Crippen MR) is 81.5 cm³/mol. The van der Waals surface area contributed by atoms with Crippen molar-refractivity contribution in [2.75, 3.05) is 0 Å². The fourth-order valence-electron chi connectivity index (χ4n) is 2.26. The van der Waals surface area contributed by atoms with Gasteiger partial charge >= 0.3 is 12.4 Å². The molecule has 2 rings (SSSR count). The molecular formula is C16H10Cl2F6O. The van der Waals surface area contributed by atoms with E-state index in [1.165, 1.54) is 24.3 Å². The molecular weight excluding hydrogens is 393 g/mol. The average molecular weight is 403 g/mol. The second kappa shape index (κ2) is 7.05. The van der Waals surface area contributed by atoms with E-state index >= 15 is 0 Å². The molecule has 0 aliphatic heterocycles. The van der Waals surface area contributed by atoms with Crippen molar-refractivity contribution in [1.82, 2.24) is 0 Å². The van der Waals surface area contributed by atoms with E-state index in [0.717, 1.165) is 12.1 Å². The van der Waals surface area contributed by atoms with Crippen molar-refractivity contribution in [3.63, 3.8) is 0 Å². The van der Waals surface area contributed by atoms with Crippen LogP contribution in [0.3, 0.4) is 0 Å². The van der Waals surface area contributed by atoms with Crippen LogP contribution in [0.15, 0.2) is 48.5 Å². The third kappa shape index (κ3) is 3.73.